The van der Waals surface area contributed by atoms with Crippen molar-refractivity contribution >= 4 is 40.9 Å². The zero-order valence-electron chi connectivity index (χ0n) is 38.1. The van der Waals surface area contributed by atoms with Crippen LogP contribution in [0.1, 0.15) is 177 Å². The van der Waals surface area contributed by atoms with E-state index in [1.807, 2.05) is 0 Å². The fourth-order valence-corrected chi connectivity index (χ4v) is 16.4. The molecule has 8 aliphatic rings. The van der Waals surface area contributed by atoms with Gasteiger partial charge in [-0.05, 0) is 184 Å². The molecule has 8 heteroatoms. The number of fused-ring (bicyclic) bond motifs is 10. The second kappa shape index (κ2) is 20.2. The van der Waals surface area contributed by atoms with E-state index in [1.54, 1.807) is 5.57 Å². The maximum atomic E-state index is 12.0. The van der Waals surface area contributed by atoms with Crippen molar-refractivity contribution in [3.8, 4) is 0 Å². The van der Waals surface area contributed by atoms with Crippen molar-refractivity contribution in [3.63, 3.8) is 0 Å². The summed E-state index contributed by atoms with van der Waals surface area (Å²) in [6.07, 6.45) is 26.7. The number of methoxy groups -OCH3 is 2. The number of aliphatic hydroxyl groups excluding tert-OH is 1. The van der Waals surface area contributed by atoms with Gasteiger partial charge in [-0.3, -0.25) is 14.4 Å². The molecule has 6 nitrogen and oxygen atoms in total. The number of hydrogen-bond acceptors (Lipinski definition) is 6. The molecule has 0 spiro atoms. The summed E-state index contributed by atoms with van der Waals surface area (Å²) in [6.45, 7) is 14.8. The van der Waals surface area contributed by atoms with E-state index in [2.05, 4.69) is 53.7 Å². The number of rotatable bonds is 8. The quantitative estimate of drug-likeness (QED) is 0.148. The minimum Gasteiger partial charge on any atom is -0.469 e. The van der Waals surface area contributed by atoms with Crippen LogP contribution in [0.3, 0.4) is 0 Å². The molecule has 6 fully saturated rings. The van der Waals surface area contributed by atoms with Gasteiger partial charge in [0.1, 0.15) is 5.78 Å². The second-order valence-electron chi connectivity index (χ2n) is 21.9. The lowest BCUT2D eigenvalue weighted by atomic mass is 9.47. The van der Waals surface area contributed by atoms with Crippen LogP contribution in [0, 0.1) is 80.8 Å². The first kappa shape index (κ1) is 49.6. The summed E-state index contributed by atoms with van der Waals surface area (Å²) in [5.41, 5.74) is 4.49. The molecule has 0 aromatic rings. The highest BCUT2D eigenvalue weighted by atomic mass is 35.5. The van der Waals surface area contributed by atoms with Crippen molar-refractivity contribution in [1.29, 1.82) is 0 Å². The van der Waals surface area contributed by atoms with Crippen LogP contribution in [0.4, 0.5) is 0 Å². The fraction of sp³-hybridized carbons (Fsp3) is 0.865. The largest absolute Gasteiger partial charge is 0.469 e. The molecule has 0 saturated heterocycles. The lowest BCUT2D eigenvalue weighted by molar-refractivity contribution is -0.142. The van der Waals surface area contributed by atoms with Crippen LogP contribution >= 0.6 is 23.2 Å². The van der Waals surface area contributed by atoms with Crippen LogP contribution in [0.5, 0.6) is 0 Å². The van der Waals surface area contributed by atoms with Gasteiger partial charge in [0, 0.05) is 25.7 Å². The number of Topliss-reactive ketones (excluding diaryl/α,β-unsaturated/α-hetero) is 1. The summed E-state index contributed by atoms with van der Waals surface area (Å²) < 4.78 is 9.74. The Morgan fingerprint density at radius 1 is 0.700 bits per heavy atom. The summed E-state index contributed by atoms with van der Waals surface area (Å²) in [4.78, 5) is 35.3. The van der Waals surface area contributed by atoms with Crippen LogP contribution in [-0.4, -0.2) is 48.5 Å². The molecule has 8 aliphatic carbocycles. The molecule has 0 radical (unpaired) electrons. The van der Waals surface area contributed by atoms with Gasteiger partial charge >= 0.3 is 11.9 Å². The molecule has 0 unspecified atom stereocenters. The molecule has 0 amide bonds. The molecular weight excluding hydrogens is 791 g/mol. The van der Waals surface area contributed by atoms with Gasteiger partial charge in [-0.25, -0.2) is 0 Å². The average molecular weight is 876 g/mol. The highest BCUT2D eigenvalue weighted by Crippen LogP contribution is 2.69. The van der Waals surface area contributed by atoms with Crippen molar-refractivity contribution in [3.05, 3.63) is 23.3 Å². The number of carbonyl (C=O) groups excluding carboxylic acids is 3. The first-order valence-electron chi connectivity index (χ1n) is 23.8. The molecule has 6 saturated carbocycles. The van der Waals surface area contributed by atoms with Gasteiger partial charge in [-0.15, -0.1) is 23.2 Å². The second-order valence-corrected chi connectivity index (χ2v) is 22.7. The van der Waals surface area contributed by atoms with E-state index < -0.39 is 0 Å². The van der Waals surface area contributed by atoms with E-state index in [9.17, 15) is 19.5 Å². The number of halogens is 2. The molecule has 0 heterocycles. The first-order chi connectivity index (χ1) is 28.0. The Morgan fingerprint density at radius 3 is 1.62 bits per heavy atom. The number of carbonyl (C=O) groups is 3. The molecule has 0 aromatic carbocycles. The van der Waals surface area contributed by atoms with Gasteiger partial charge in [0.25, 0.3) is 0 Å². The summed E-state index contributed by atoms with van der Waals surface area (Å²) >= 11 is 9.53. The highest BCUT2D eigenvalue weighted by molar-refractivity contribution is 6.40. The molecule has 342 valence electrons. The summed E-state index contributed by atoms with van der Waals surface area (Å²) in [7, 11) is 2.99. The molecule has 0 bridgehead atoms. The number of alkyl halides is 2. The number of hydrogen-bond donors (Lipinski definition) is 1. The molecule has 8 rings (SSSR count). The topological polar surface area (TPSA) is 89.9 Å². The number of ketones is 1. The third-order valence-corrected chi connectivity index (χ3v) is 19.6. The molecule has 0 aliphatic heterocycles. The first-order valence-corrected chi connectivity index (χ1v) is 24.9. The zero-order valence-corrected chi connectivity index (χ0v) is 39.6. The Hall–Kier alpha value is -1.37. The molecular formula is C52H84Cl2O6. The van der Waals surface area contributed by atoms with Crippen LogP contribution < -0.4 is 0 Å². The van der Waals surface area contributed by atoms with E-state index in [-0.39, 0.29) is 36.2 Å². The summed E-state index contributed by atoms with van der Waals surface area (Å²) in [5, 5.41) is 10.4. The normalized spacial score (nSPS) is 42.0. The molecule has 0 aromatic heterocycles. The SMILES string of the molecule is C.COC(=O)CC[C@@H](C)[C@H]1CC[C@H]2[C@@H]3CC=C4CC(=O)CC[C@]4(C)[C@H]3CC[C@]12C.COC(=O)CC[C@@H](C)[C@H]1CC[C@H]2[C@@H]3CC=C4C[C@@H](O)CC[C@]4(C)[C@H]3CC[C@]12C.ClCCl. The Balaban J connectivity index is 0.000000210. The van der Waals surface area contributed by atoms with E-state index >= 15 is 0 Å². The van der Waals surface area contributed by atoms with Gasteiger partial charge in [0.2, 0.25) is 0 Å². The van der Waals surface area contributed by atoms with Crippen molar-refractivity contribution in [2.75, 3.05) is 19.6 Å². The zero-order chi connectivity index (χ0) is 42.9. The Morgan fingerprint density at radius 2 is 1.15 bits per heavy atom. The third kappa shape index (κ3) is 9.39. The average Bonchev–Trinajstić information content (AvgIpc) is 3.76. The Kier molecular flexibility index (Phi) is 16.7. The van der Waals surface area contributed by atoms with Crippen molar-refractivity contribution in [1.82, 2.24) is 0 Å². The van der Waals surface area contributed by atoms with Gasteiger partial charge in [0.05, 0.1) is 25.7 Å². The molecule has 1 N–H and O–H groups in total. The maximum Gasteiger partial charge on any atom is 0.305 e. The summed E-state index contributed by atoms with van der Waals surface area (Å²) in [5.74, 6) is 7.80. The van der Waals surface area contributed by atoms with Gasteiger partial charge < -0.3 is 14.6 Å². The number of allylic oxidation sites excluding steroid dienone is 3. The maximum absolute atomic E-state index is 12.0. The minimum atomic E-state index is -0.115. The van der Waals surface area contributed by atoms with Crippen LogP contribution in [0.2, 0.25) is 0 Å². The van der Waals surface area contributed by atoms with Crippen molar-refractivity contribution < 1.29 is 29.0 Å². The van der Waals surface area contributed by atoms with E-state index in [0.717, 1.165) is 92.3 Å². The van der Waals surface area contributed by atoms with Gasteiger partial charge in [-0.1, -0.05) is 72.3 Å². The molecule has 60 heavy (non-hydrogen) atoms. The van der Waals surface area contributed by atoms with Crippen molar-refractivity contribution in [2.24, 2.45) is 80.8 Å². The monoisotopic (exact) mass is 875 g/mol. The predicted octanol–water partition coefficient (Wildman–Crippen LogP) is 13.3. The summed E-state index contributed by atoms with van der Waals surface area (Å²) in [6, 6.07) is 0. The van der Waals surface area contributed by atoms with Crippen LogP contribution in [0.15, 0.2) is 23.3 Å². The lowest BCUT2D eigenvalue weighted by Crippen LogP contribution is -2.50. The van der Waals surface area contributed by atoms with Crippen LogP contribution in [-0.2, 0) is 23.9 Å². The number of esters is 2. The minimum absolute atomic E-state index is 0. The van der Waals surface area contributed by atoms with Crippen LogP contribution in [0.25, 0.3) is 0 Å². The number of aliphatic hydroxyl groups is 1. The third-order valence-electron chi connectivity index (χ3n) is 19.6. The standard InChI is InChI=1S/C25H40O3.C25H38O3.CH2Cl2.CH4/c2*1-16(5-10-23(27)28-4)20-8-9-21-19-7-6-17-15-18(26)11-13-24(17,2)22(19)12-14-25(20,21)3;2-1-3;/h6,16,18-22,26H,5,7-15H2,1-4H3;6,16,19-22H,5,7-15H2,1-4H3;1H2;1H4/t16-,18+,19+,20-,21+,22+,24+,25-;16-,19+,20-,21+,22+,24+,25-;;/m11../s1. The van der Waals surface area contributed by atoms with E-state index in [4.69, 9.17) is 32.7 Å². The van der Waals surface area contributed by atoms with E-state index in [0.29, 0.717) is 46.7 Å². The number of ether oxygens (including phenoxy) is 2. The van der Waals surface area contributed by atoms with Crippen molar-refractivity contribution in [2.45, 2.75) is 183 Å². The smallest absolute Gasteiger partial charge is 0.305 e. The Bertz CT molecular complexity index is 1570. The van der Waals surface area contributed by atoms with E-state index in [1.165, 1.54) is 90.4 Å². The molecule has 15 atom stereocenters. The van der Waals surface area contributed by atoms with Gasteiger partial charge in [0.15, 0.2) is 0 Å². The lowest BCUT2D eigenvalue weighted by Gasteiger charge is -2.58. The van der Waals surface area contributed by atoms with Gasteiger partial charge in [-0.2, -0.15) is 0 Å². The highest BCUT2D eigenvalue weighted by Gasteiger charge is 2.61. The predicted molar refractivity (Wildman–Crippen MR) is 246 cm³/mol. The fourth-order valence-electron chi connectivity index (χ4n) is 16.4. The Labute approximate surface area is 375 Å².